The molecule has 0 radical (unpaired) electrons. The molecule has 1 unspecified atom stereocenters. The highest BCUT2D eigenvalue weighted by Crippen LogP contribution is 2.24. The van der Waals surface area contributed by atoms with Gasteiger partial charge in [0.2, 0.25) is 0 Å². The molecule has 1 saturated heterocycles. The third-order valence-corrected chi connectivity index (χ3v) is 4.09. The van der Waals surface area contributed by atoms with Gasteiger partial charge in [-0.25, -0.2) is 0 Å². The topological polar surface area (TPSA) is 41.7 Å². The van der Waals surface area contributed by atoms with Crippen LogP contribution in [0, 0.1) is 6.92 Å². The lowest BCUT2D eigenvalue weighted by Crippen LogP contribution is -2.45. The van der Waals surface area contributed by atoms with E-state index < -0.39 is 0 Å². The van der Waals surface area contributed by atoms with Crippen molar-refractivity contribution < 1.29 is 4.74 Å². The van der Waals surface area contributed by atoms with Crippen molar-refractivity contribution in [3.05, 3.63) is 29.3 Å². The Balaban J connectivity index is 1.87. The van der Waals surface area contributed by atoms with Crippen LogP contribution in [0.4, 0.5) is 0 Å². The third-order valence-electron chi connectivity index (χ3n) is 4.09. The van der Waals surface area contributed by atoms with Crippen LogP contribution in [0.25, 0.3) is 0 Å². The second-order valence-electron chi connectivity index (χ2n) is 6.24. The number of hydrogen-bond donors (Lipinski definition) is 1. The molecule has 1 aromatic carbocycles. The molecule has 118 valence electrons. The summed E-state index contributed by atoms with van der Waals surface area (Å²) < 4.78 is 6.09. The highest BCUT2D eigenvalue weighted by Gasteiger charge is 2.14. The van der Waals surface area contributed by atoms with E-state index in [2.05, 4.69) is 42.0 Å². The predicted molar refractivity (Wildman–Crippen MR) is 88.0 cm³/mol. The van der Waals surface area contributed by atoms with Crippen molar-refractivity contribution in [2.24, 2.45) is 5.73 Å². The van der Waals surface area contributed by atoms with Crippen molar-refractivity contribution in [1.82, 2.24) is 9.80 Å². The Kier molecular flexibility index (Phi) is 6.03. The number of hydrogen-bond acceptors (Lipinski definition) is 4. The van der Waals surface area contributed by atoms with E-state index in [-0.39, 0.29) is 6.04 Å². The molecule has 2 N–H and O–H groups in total. The number of rotatable bonds is 6. The van der Waals surface area contributed by atoms with Crippen LogP contribution in [0.3, 0.4) is 0 Å². The molecule has 4 heteroatoms. The molecular weight excluding hydrogens is 262 g/mol. The van der Waals surface area contributed by atoms with Gasteiger partial charge in [0.1, 0.15) is 12.4 Å². The first-order valence-corrected chi connectivity index (χ1v) is 7.94. The Labute approximate surface area is 128 Å². The number of ether oxygens (including phenoxy) is 1. The number of nitrogens with two attached hydrogens (primary N) is 1. The first-order chi connectivity index (χ1) is 10.1. The number of benzene rings is 1. The summed E-state index contributed by atoms with van der Waals surface area (Å²) in [5.41, 5.74) is 8.36. The van der Waals surface area contributed by atoms with E-state index in [1.807, 2.05) is 6.92 Å². The Morgan fingerprint density at radius 1 is 1.24 bits per heavy atom. The van der Waals surface area contributed by atoms with E-state index in [0.29, 0.717) is 0 Å². The molecule has 1 aliphatic rings. The molecule has 0 amide bonds. The minimum Gasteiger partial charge on any atom is -0.492 e. The Morgan fingerprint density at radius 2 is 1.95 bits per heavy atom. The van der Waals surface area contributed by atoms with Gasteiger partial charge < -0.3 is 15.4 Å². The molecule has 1 aromatic rings. The van der Waals surface area contributed by atoms with Gasteiger partial charge in [0, 0.05) is 38.8 Å². The monoisotopic (exact) mass is 291 g/mol. The zero-order valence-electron chi connectivity index (χ0n) is 13.6. The summed E-state index contributed by atoms with van der Waals surface area (Å²) in [7, 11) is 2.18. The zero-order chi connectivity index (χ0) is 15.2. The van der Waals surface area contributed by atoms with Crippen LogP contribution >= 0.6 is 0 Å². The summed E-state index contributed by atoms with van der Waals surface area (Å²) in [5, 5.41) is 0. The number of likely N-dealkylation sites (N-methyl/N-ethyl adjacent to an activating group) is 1. The second kappa shape index (κ2) is 7.78. The van der Waals surface area contributed by atoms with Crippen molar-refractivity contribution in [3.8, 4) is 5.75 Å². The highest BCUT2D eigenvalue weighted by molar-refractivity contribution is 5.41. The number of nitrogens with zero attached hydrogens (tertiary/aromatic N) is 2. The van der Waals surface area contributed by atoms with Gasteiger partial charge in [0.05, 0.1) is 0 Å². The molecule has 4 nitrogen and oxygen atoms in total. The van der Waals surface area contributed by atoms with Gasteiger partial charge in [-0.1, -0.05) is 18.2 Å². The Bertz CT molecular complexity index is 440. The molecule has 21 heavy (non-hydrogen) atoms. The lowest BCUT2D eigenvalue weighted by molar-refractivity contribution is 0.133. The van der Waals surface area contributed by atoms with Crippen LogP contribution in [-0.4, -0.2) is 62.2 Å². The SMILES string of the molecule is Cc1cccc(CC(C)N)c1OCCN1CCN(C)CC1. The smallest absolute Gasteiger partial charge is 0.125 e. The van der Waals surface area contributed by atoms with Crippen LogP contribution in [0.15, 0.2) is 18.2 Å². The van der Waals surface area contributed by atoms with E-state index in [1.54, 1.807) is 0 Å². The summed E-state index contributed by atoms with van der Waals surface area (Å²) in [6, 6.07) is 6.48. The van der Waals surface area contributed by atoms with Gasteiger partial charge in [0.25, 0.3) is 0 Å². The van der Waals surface area contributed by atoms with Crippen molar-refractivity contribution in [3.63, 3.8) is 0 Å². The van der Waals surface area contributed by atoms with Crippen LogP contribution in [0.2, 0.25) is 0 Å². The summed E-state index contributed by atoms with van der Waals surface area (Å²) in [6.45, 7) is 10.5. The van der Waals surface area contributed by atoms with Crippen molar-refractivity contribution >= 4 is 0 Å². The summed E-state index contributed by atoms with van der Waals surface area (Å²) in [6.07, 6.45) is 0.867. The van der Waals surface area contributed by atoms with Crippen molar-refractivity contribution in [2.75, 3.05) is 46.4 Å². The van der Waals surface area contributed by atoms with Crippen LogP contribution < -0.4 is 10.5 Å². The molecule has 1 aliphatic heterocycles. The molecule has 1 fully saturated rings. The maximum Gasteiger partial charge on any atom is 0.125 e. The molecule has 0 bridgehead atoms. The van der Waals surface area contributed by atoms with Crippen LogP contribution in [0.1, 0.15) is 18.1 Å². The lowest BCUT2D eigenvalue weighted by atomic mass is 10.0. The molecule has 0 saturated carbocycles. The molecule has 0 spiro atoms. The first kappa shape index (κ1) is 16.3. The summed E-state index contributed by atoms with van der Waals surface area (Å²) >= 11 is 0. The minimum absolute atomic E-state index is 0.159. The number of para-hydroxylation sites is 1. The molecule has 1 atom stereocenters. The van der Waals surface area contributed by atoms with E-state index in [4.69, 9.17) is 10.5 Å². The predicted octanol–water partition coefficient (Wildman–Crippen LogP) is 1.51. The fourth-order valence-corrected chi connectivity index (χ4v) is 2.78. The molecule has 0 aromatic heterocycles. The second-order valence-corrected chi connectivity index (χ2v) is 6.24. The maximum atomic E-state index is 6.09. The quantitative estimate of drug-likeness (QED) is 0.863. The fourth-order valence-electron chi connectivity index (χ4n) is 2.78. The molecule has 1 heterocycles. The van der Waals surface area contributed by atoms with Crippen molar-refractivity contribution in [1.29, 1.82) is 0 Å². The van der Waals surface area contributed by atoms with Gasteiger partial charge in [-0.05, 0) is 38.4 Å². The lowest BCUT2D eigenvalue weighted by Gasteiger charge is -2.32. The third kappa shape index (κ3) is 4.99. The largest absolute Gasteiger partial charge is 0.492 e. The van der Waals surface area contributed by atoms with E-state index in [0.717, 1.165) is 51.5 Å². The Hall–Kier alpha value is -1.10. The molecule has 0 aliphatic carbocycles. The molecule has 2 rings (SSSR count). The standard InChI is InChI=1S/C17H29N3O/c1-14-5-4-6-16(13-15(2)18)17(14)21-12-11-20-9-7-19(3)8-10-20/h4-6,15H,7-13,18H2,1-3H3. The average Bonchev–Trinajstić information content (AvgIpc) is 2.43. The summed E-state index contributed by atoms with van der Waals surface area (Å²) in [4.78, 5) is 4.85. The van der Waals surface area contributed by atoms with Gasteiger partial charge >= 0.3 is 0 Å². The minimum atomic E-state index is 0.159. The summed E-state index contributed by atoms with van der Waals surface area (Å²) in [5.74, 6) is 1.03. The van der Waals surface area contributed by atoms with Crippen LogP contribution in [-0.2, 0) is 6.42 Å². The van der Waals surface area contributed by atoms with Gasteiger partial charge in [-0.15, -0.1) is 0 Å². The fraction of sp³-hybridized carbons (Fsp3) is 0.647. The van der Waals surface area contributed by atoms with E-state index in [9.17, 15) is 0 Å². The normalized spacial score (nSPS) is 18.7. The highest BCUT2D eigenvalue weighted by atomic mass is 16.5. The average molecular weight is 291 g/mol. The Morgan fingerprint density at radius 3 is 2.62 bits per heavy atom. The van der Waals surface area contributed by atoms with Crippen molar-refractivity contribution in [2.45, 2.75) is 26.3 Å². The molecular formula is C17H29N3O. The van der Waals surface area contributed by atoms with Gasteiger partial charge in [-0.3, -0.25) is 4.90 Å². The first-order valence-electron chi connectivity index (χ1n) is 7.94. The number of piperazine rings is 1. The maximum absolute atomic E-state index is 6.09. The number of aryl methyl sites for hydroxylation is 1. The van der Waals surface area contributed by atoms with Gasteiger partial charge in [-0.2, -0.15) is 0 Å². The van der Waals surface area contributed by atoms with Crippen LogP contribution in [0.5, 0.6) is 5.75 Å². The van der Waals surface area contributed by atoms with Gasteiger partial charge in [0.15, 0.2) is 0 Å². The van der Waals surface area contributed by atoms with E-state index >= 15 is 0 Å². The van der Waals surface area contributed by atoms with E-state index in [1.165, 1.54) is 11.1 Å². The zero-order valence-corrected chi connectivity index (χ0v) is 13.6.